The quantitative estimate of drug-likeness (QED) is 0.786. The first-order valence-electron chi connectivity index (χ1n) is 8.98. The summed E-state index contributed by atoms with van der Waals surface area (Å²) >= 11 is 0. The van der Waals surface area contributed by atoms with E-state index in [4.69, 9.17) is 14.1 Å². The van der Waals surface area contributed by atoms with Crippen molar-refractivity contribution < 1.29 is 18.9 Å². The molecule has 3 atom stereocenters. The summed E-state index contributed by atoms with van der Waals surface area (Å²) in [4.78, 5) is 24.5. The van der Waals surface area contributed by atoms with Crippen LogP contribution in [0.2, 0.25) is 0 Å². The first-order valence-corrected chi connectivity index (χ1v) is 8.98. The van der Waals surface area contributed by atoms with Gasteiger partial charge < -0.3 is 14.2 Å². The van der Waals surface area contributed by atoms with Gasteiger partial charge >= 0.3 is 6.03 Å². The number of hydrogen-bond acceptors (Lipinski definition) is 6. The van der Waals surface area contributed by atoms with E-state index in [0.717, 1.165) is 24.2 Å². The predicted molar refractivity (Wildman–Crippen MR) is 88.6 cm³/mol. The number of amides is 2. The molecule has 2 amide bonds. The molecule has 3 heterocycles. The lowest BCUT2D eigenvalue weighted by Gasteiger charge is -2.34. The van der Waals surface area contributed by atoms with E-state index in [0.29, 0.717) is 24.9 Å². The minimum Gasteiger partial charge on any atom is -0.362 e. The zero-order valence-electron chi connectivity index (χ0n) is 14.4. The molecule has 1 aromatic carbocycles. The van der Waals surface area contributed by atoms with Crippen molar-refractivity contribution in [3.63, 3.8) is 0 Å². The molecule has 1 unspecified atom stereocenters. The summed E-state index contributed by atoms with van der Waals surface area (Å²) in [6.45, 7) is 2.81. The van der Waals surface area contributed by atoms with Crippen molar-refractivity contribution in [2.24, 2.45) is 0 Å². The van der Waals surface area contributed by atoms with E-state index in [1.807, 2.05) is 37.3 Å². The minimum atomic E-state index is -0.405. The fourth-order valence-corrected chi connectivity index (χ4v) is 3.31. The Morgan fingerprint density at radius 3 is 2.77 bits per heavy atom. The van der Waals surface area contributed by atoms with Crippen LogP contribution in [0.4, 0.5) is 4.79 Å². The van der Waals surface area contributed by atoms with Gasteiger partial charge in [-0.25, -0.2) is 9.63 Å². The van der Waals surface area contributed by atoms with Gasteiger partial charge in [-0.15, -0.1) is 0 Å². The van der Waals surface area contributed by atoms with Crippen LogP contribution in [0.15, 0.2) is 34.9 Å². The number of aromatic nitrogens is 2. The second-order valence-corrected chi connectivity index (χ2v) is 7.08. The van der Waals surface area contributed by atoms with Gasteiger partial charge in [-0.2, -0.15) is 10.0 Å². The van der Waals surface area contributed by atoms with Gasteiger partial charge in [0.2, 0.25) is 6.23 Å². The fraction of sp³-hybridized carbons (Fsp3) is 0.500. The molecule has 26 heavy (non-hydrogen) atoms. The maximum Gasteiger partial charge on any atom is 0.347 e. The predicted octanol–water partition coefficient (Wildman–Crippen LogP) is 2.77. The highest BCUT2D eigenvalue weighted by Crippen LogP contribution is 2.40. The Labute approximate surface area is 150 Å². The van der Waals surface area contributed by atoms with Gasteiger partial charge in [0.25, 0.3) is 5.89 Å². The number of rotatable bonds is 3. The Morgan fingerprint density at radius 1 is 1.19 bits per heavy atom. The Kier molecular flexibility index (Phi) is 3.68. The number of morpholine rings is 1. The SMILES string of the molecule is C[C@@H]1CN(C(=O)N2OC2c2ccccc2)C[C@H](c2nc(C3CC3)no2)O1. The van der Waals surface area contributed by atoms with Gasteiger partial charge in [-0.1, -0.05) is 35.5 Å². The molecule has 5 rings (SSSR count). The third kappa shape index (κ3) is 2.95. The van der Waals surface area contributed by atoms with E-state index in [1.165, 1.54) is 5.06 Å². The lowest BCUT2D eigenvalue weighted by molar-refractivity contribution is -0.0814. The topological polar surface area (TPSA) is 84.0 Å². The van der Waals surface area contributed by atoms with Crippen LogP contribution in [-0.2, 0) is 9.57 Å². The van der Waals surface area contributed by atoms with E-state index in [-0.39, 0.29) is 18.4 Å². The number of nitrogens with zero attached hydrogens (tertiary/aromatic N) is 4. The van der Waals surface area contributed by atoms with Crippen molar-refractivity contribution in [2.45, 2.75) is 44.1 Å². The summed E-state index contributed by atoms with van der Waals surface area (Å²) in [5.74, 6) is 1.62. The summed E-state index contributed by atoms with van der Waals surface area (Å²) < 4.78 is 11.3. The van der Waals surface area contributed by atoms with Crippen LogP contribution in [0.5, 0.6) is 0 Å². The number of hydrogen-bond donors (Lipinski definition) is 0. The van der Waals surface area contributed by atoms with Crippen LogP contribution in [0.1, 0.15) is 55.3 Å². The molecule has 0 spiro atoms. The number of benzene rings is 1. The number of carbonyl (C=O) groups excluding carboxylic acids is 1. The summed E-state index contributed by atoms with van der Waals surface area (Å²) in [5, 5.41) is 5.44. The molecule has 2 aromatic rings. The fourth-order valence-electron chi connectivity index (χ4n) is 3.31. The monoisotopic (exact) mass is 356 g/mol. The molecular weight excluding hydrogens is 336 g/mol. The van der Waals surface area contributed by atoms with Crippen LogP contribution >= 0.6 is 0 Å². The van der Waals surface area contributed by atoms with Crippen molar-refractivity contribution in [3.05, 3.63) is 47.6 Å². The smallest absolute Gasteiger partial charge is 0.347 e. The van der Waals surface area contributed by atoms with E-state index in [1.54, 1.807) is 4.90 Å². The average Bonchev–Trinajstić information content (AvgIpc) is 3.59. The molecule has 2 saturated heterocycles. The summed E-state index contributed by atoms with van der Waals surface area (Å²) in [7, 11) is 0. The molecule has 8 nitrogen and oxygen atoms in total. The Balaban J connectivity index is 1.27. The highest BCUT2D eigenvalue weighted by atomic mass is 16.8. The van der Waals surface area contributed by atoms with Gasteiger partial charge in [0, 0.05) is 18.0 Å². The number of urea groups is 1. The Hall–Kier alpha value is -2.45. The lowest BCUT2D eigenvalue weighted by atomic mass is 10.2. The minimum absolute atomic E-state index is 0.121. The standard InChI is InChI=1S/C18H20N4O4/c1-11-9-21(18(23)22-17(26-22)13-5-3-2-4-6-13)10-14(24-11)16-19-15(20-25-16)12-7-8-12/h2-6,11-12,14,17H,7-10H2,1H3/t11-,14-,17?,22?/m1/s1. The number of ether oxygens (including phenoxy) is 1. The van der Waals surface area contributed by atoms with Crippen molar-refractivity contribution in [1.29, 1.82) is 0 Å². The molecular formula is C18H20N4O4. The van der Waals surface area contributed by atoms with E-state index >= 15 is 0 Å². The second-order valence-electron chi connectivity index (χ2n) is 7.08. The van der Waals surface area contributed by atoms with Gasteiger partial charge in [-0.3, -0.25) is 0 Å². The maximum atomic E-state index is 12.8. The van der Waals surface area contributed by atoms with Crippen LogP contribution < -0.4 is 0 Å². The van der Waals surface area contributed by atoms with E-state index in [9.17, 15) is 4.79 Å². The second kappa shape index (κ2) is 6.07. The average molecular weight is 356 g/mol. The molecule has 0 radical (unpaired) electrons. The Morgan fingerprint density at radius 2 is 2.00 bits per heavy atom. The Bertz CT molecular complexity index is 807. The molecule has 3 aliphatic rings. The highest BCUT2D eigenvalue weighted by molar-refractivity contribution is 5.75. The van der Waals surface area contributed by atoms with E-state index in [2.05, 4.69) is 10.1 Å². The zero-order valence-corrected chi connectivity index (χ0v) is 14.4. The van der Waals surface area contributed by atoms with Crippen molar-refractivity contribution in [2.75, 3.05) is 13.1 Å². The molecule has 8 heteroatoms. The van der Waals surface area contributed by atoms with Gasteiger partial charge in [-0.05, 0) is 19.8 Å². The summed E-state index contributed by atoms with van der Waals surface area (Å²) in [6, 6.07) is 9.52. The number of hydroxylamine groups is 2. The largest absolute Gasteiger partial charge is 0.362 e. The third-order valence-corrected chi connectivity index (χ3v) is 4.86. The van der Waals surface area contributed by atoms with Crippen molar-refractivity contribution in [3.8, 4) is 0 Å². The van der Waals surface area contributed by atoms with Crippen LogP contribution in [0, 0.1) is 0 Å². The number of carbonyl (C=O) groups is 1. The zero-order chi connectivity index (χ0) is 17.7. The van der Waals surface area contributed by atoms with Crippen LogP contribution in [0.25, 0.3) is 0 Å². The van der Waals surface area contributed by atoms with Gasteiger partial charge in [0.1, 0.15) is 0 Å². The summed E-state index contributed by atoms with van der Waals surface area (Å²) in [6.07, 6.45) is 1.38. The molecule has 0 bridgehead atoms. The lowest BCUT2D eigenvalue weighted by Crippen LogP contribution is -2.47. The highest BCUT2D eigenvalue weighted by Gasteiger charge is 2.46. The molecule has 136 valence electrons. The molecule has 1 saturated carbocycles. The van der Waals surface area contributed by atoms with Crippen molar-refractivity contribution >= 4 is 6.03 Å². The van der Waals surface area contributed by atoms with Gasteiger partial charge in [0.15, 0.2) is 11.9 Å². The molecule has 1 aliphatic carbocycles. The molecule has 2 aliphatic heterocycles. The maximum absolute atomic E-state index is 12.8. The van der Waals surface area contributed by atoms with Crippen LogP contribution in [-0.4, -0.2) is 45.3 Å². The van der Waals surface area contributed by atoms with Crippen molar-refractivity contribution in [1.82, 2.24) is 20.1 Å². The third-order valence-electron chi connectivity index (χ3n) is 4.86. The van der Waals surface area contributed by atoms with Crippen LogP contribution in [0.3, 0.4) is 0 Å². The van der Waals surface area contributed by atoms with Gasteiger partial charge in [0.05, 0.1) is 12.6 Å². The van der Waals surface area contributed by atoms with E-state index < -0.39 is 6.10 Å². The molecule has 0 N–H and O–H groups in total. The summed E-state index contributed by atoms with van der Waals surface area (Å²) in [5.41, 5.74) is 0.963. The molecule has 1 aromatic heterocycles. The first-order chi connectivity index (χ1) is 12.7. The molecule has 3 fully saturated rings. The normalized spacial score (nSPS) is 28.3. The first kappa shape index (κ1) is 15.8.